The molecule has 9 heteroatoms. The number of ether oxygens (including phenoxy) is 1. The summed E-state index contributed by atoms with van der Waals surface area (Å²) >= 11 is 0. The van der Waals surface area contributed by atoms with Crippen LogP contribution in [-0.4, -0.2) is 59.9 Å². The Morgan fingerprint density at radius 3 is 2.85 bits per heavy atom. The van der Waals surface area contributed by atoms with Gasteiger partial charge in [0.05, 0.1) is 12.0 Å². The molecule has 0 bridgehead atoms. The zero-order chi connectivity index (χ0) is 19.2. The van der Waals surface area contributed by atoms with Gasteiger partial charge in [0.2, 0.25) is 5.91 Å². The minimum absolute atomic E-state index is 0.0264. The molecule has 26 heavy (non-hydrogen) atoms. The van der Waals surface area contributed by atoms with Crippen LogP contribution in [0.15, 0.2) is 4.99 Å². The maximum absolute atomic E-state index is 12.1. The lowest BCUT2D eigenvalue weighted by Gasteiger charge is -2.28. The quantitative estimate of drug-likeness (QED) is 0.466. The SMILES string of the molecule is CCNC(=O)C(C)(C)CNC(=NC)NC1CCc2nc(COC)nn2C1. The molecule has 9 nitrogen and oxygen atoms in total. The molecule has 1 aliphatic heterocycles. The third-order valence-electron chi connectivity index (χ3n) is 4.39. The molecule has 0 aromatic carbocycles. The molecule has 146 valence electrons. The molecule has 0 radical (unpaired) electrons. The van der Waals surface area contributed by atoms with Crippen molar-refractivity contribution >= 4 is 11.9 Å². The van der Waals surface area contributed by atoms with Crippen LogP contribution in [0.1, 0.15) is 38.8 Å². The van der Waals surface area contributed by atoms with E-state index in [-0.39, 0.29) is 11.9 Å². The molecular weight excluding hydrogens is 334 g/mol. The van der Waals surface area contributed by atoms with Gasteiger partial charge in [-0.1, -0.05) is 0 Å². The number of nitrogens with one attached hydrogen (secondary N) is 3. The van der Waals surface area contributed by atoms with E-state index >= 15 is 0 Å². The number of methoxy groups -OCH3 is 1. The molecule has 0 aliphatic carbocycles. The highest BCUT2D eigenvalue weighted by atomic mass is 16.5. The van der Waals surface area contributed by atoms with Gasteiger partial charge < -0.3 is 20.7 Å². The molecule has 0 fully saturated rings. The van der Waals surface area contributed by atoms with Gasteiger partial charge in [-0.25, -0.2) is 9.67 Å². The van der Waals surface area contributed by atoms with Crippen molar-refractivity contribution in [1.82, 2.24) is 30.7 Å². The van der Waals surface area contributed by atoms with E-state index < -0.39 is 5.41 Å². The summed E-state index contributed by atoms with van der Waals surface area (Å²) in [6.07, 6.45) is 1.81. The molecule has 2 heterocycles. The number of nitrogens with zero attached hydrogens (tertiary/aromatic N) is 4. The van der Waals surface area contributed by atoms with E-state index in [0.29, 0.717) is 31.5 Å². The van der Waals surface area contributed by atoms with Crippen LogP contribution in [0, 0.1) is 5.41 Å². The number of aliphatic imine (C=N–C) groups is 1. The van der Waals surface area contributed by atoms with Crippen LogP contribution >= 0.6 is 0 Å². The summed E-state index contributed by atoms with van der Waals surface area (Å²) in [4.78, 5) is 20.9. The van der Waals surface area contributed by atoms with Crippen LogP contribution < -0.4 is 16.0 Å². The number of rotatable bonds is 7. The lowest BCUT2D eigenvalue weighted by atomic mass is 9.92. The van der Waals surface area contributed by atoms with Crippen LogP contribution in [0.4, 0.5) is 0 Å². The fourth-order valence-corrected chi connectivity index (χ4v) is 2.84. The first kappa shape index (κ1) is 20.2. The van der Waals surface area contributed by atoms with Gasteiger partial charge in [-0.2, -0.15) is 5.10 Å². The summed E-state index contributed by atoms with van der Waals surface area (Å²) in [7, 11) is 3.37. The molecule has 0 saturated carbocycles. The Labute approximate surface area is 155 Å². The van der Waals surface area contributed by atoms with E-state index in [1.165, 1.54) is 0 Å². The second-order valence-corrected chi connectivity index (χ2v) is 7.11. The van der Waals surface area contributed by atoms with Crippen molar-refractivity contribution in [2.75, 3.05) is 27.2 Å². The minimum atomic E-state index is -0.520. The van der Waals surface area contributed by atoms with E-state index in [9.17, 15) is 4.79 Å². The zero-order valence-electron chi connectivity index (χ0n) is 16.4. The minimum Gasteiger partial charge on any atom is -0.377 e. The van der Waals surface area contributed by atoms with E-state index in [0.717, 1.165) is 25.2 Å². The second kappa shape index (κ2) is 8.98. The Morgan fingerprint density at radius 1 is 1.42 bits per heavy atom. The monoisotopic (exact) mass is 365 g/mol. The van der Waals surface area contributed by atoms with Gasteiger partial charge in [-0.15, -0.1) is 0 Å². The number of fused-ring (bicyclic) bond motifs is 1. The van der Waals surface area contributed by atoms with Gasteiger partial charge in [0.1, 0.15) is 12.4 Å². The average molecular weight is 365 g/mol. The lowest BCUT2D eigenvalue weighted by molar-refractivity contribution is -0.128. The van der Waals surface area contributed by atoms with Crippen LogP contribution in [-0.2, 0) is 29.1 Å². The molecule has 2 rings (SSSR count). The Kier molecular flexibility index (Phi) is 6.96. The van der Waals surface area contributed by atoms with Crippen molar-refractivity contribution in [2.45, 2.75) is 52.8 Å². The summed E-state index contributed by atoms with van der Waals surface area (Å²) in [5, 5.41) is 14.0. The van der Waals surface area contributed by atoms with Gasteiger partial charge in [-0.3, -0.25) is 9.79 Å². The molecule has 1 atom stereocenters. The molecule has 0 saturated heterocycles. The fourth-order valence-electron chi connectivity index (χ4n) is 2.84. The van der Waals surface area contributed by atoms with Gasteiger partial charge >= 0.3 is 0 Å². The summed E-state index contributed by atoms with van der Waals surface area (Å²) in [6.45, 7) is 8.03. The number of hydrogen-bond acceptors (Lipinski definition) is 5. The molecular formula is C17H31N7O2. The van der Waals surface area contributed by atoms with Crippen molar-refractivity contribution in [3.63, 3.8) is 0 Å². The standard InChI is InChI=1S/C17H31N7O2/c1-6-19-15(25)17(2,3)11-20-16(18-4)21-12-7-8-14-22-13(10-26-5)23-24(14)9-12/h12H,6-11H2,1-5H3,(H,19,25)(H2,18,20,21). The van der Waals surface area contributed by atoms with Crippen molar-refractivity contribution in [1.29, 1.82) is 0 Å². The molecule has 1 unspecified atom stereocenters. The highest BCUT2D eigenvalue weighted by Crippen LogP contribution is 2.15. The lowest BCUT2D eigenvalue weighted by Crippen LogP contribution is -2.51. The highest BCUT2D eigenvalue weighted by Gasteiger charge is 2.28. The first-order chi connectivity index (χ1) is 12.4. The van der Waals surface area contributed by atoms with Crippen molar-refractivity contribution < 1.29 is 9.53 Å². The van der Waals surface area contributed by atoms with E-state index in [2.05, 4.69) is 31.0 Å². The first-order valence-corrected chi connectivity index (χ1v) is 9.06. The zero-order valence-corrected chi connectivity index (χ0v) is 16.4. The smallest absolute Gasteiger partial charge is 0.227 e. The van der Waals surface area contributed by atoms with Crippen molar-refractivity contribution in [2.24, 2.45) is 10.4 Å². The summed E-state index contributed by atoms with van der Waals surface area (Å²) in [6, 6.07) is 0.207. The predicted octanol–water partition coefficient (Wildman–Crippen LogP) is 0.0666. The predicted molar refractivity (Wildman–Crippen MR) is 99.8 cm³/mol. The third-order valence-corrected chi connectivity index (χ3v) is 4.39. The Morgan fingerprint density at radius 2 is 2.19 bits per heavy atom. The second-order valence-electron chi connectivity index (χ2n) is 7.11. The number of carbonyl (C=O) groups excluding carboxylic acids is 1. The summed E-state index contributed by atoms with van der Waals surface area (Å²) < 4.78 is 7.03. The number of hydrogen-bond donors (Lipinski definition) is 3. The van der Waals surface area contributed by atoms with E-state index in [4.69, 9.17) is 4.74 Å². The summed E-state index contributed by atoms with van der Waals surface area (Å²) in [5.74, 6) is 2.43. The molecule has 3 N–H and O–H groups in total. The Hall–Kier alpha value is -2.16. The maximum Gasteiger partial charge on any atom is 0.227 e. The van der Waals surface area contributed by atoms with Crippen LogP contribution in [0.2, 0.25) is 0 Å². The van der Waals surface area contributed by atoms with Crippen molar-refractivity contribution in [3.05, 3.63) is 11.6 Å². The van der Waals surface area contributed by atoms with Gasteiger partial charge in [0.25, 0.3) is 0 Å². The van der Waals surface area contributed by atoms with Gasteiger partial charge in [-0.05, 0) is 27.2 Å². The number of amides is 1. The average Bonchev–Trinajstić information content (AvgIpc) is 3.00. The largest absolute Gasteiger partial charge is 0.377 e. The van der Waals surface area contributed by atoms with Gasteiger partial charge in [0, 0.05) is 39.7 Å². The fraction of sp³-hybridized carbons (Fsp3) is 0.765. The Balaban J connectivity index is 1.89. The highest BCUT2D eigenvalue weighted by molar-refractivity contribution is 5.84. The number of guanidine groups is 1. The molecule has 1 aliphatic rings. The normalized spacial score (nSPS) is 17.6. The number of carbonyl (C=O) groups is 1. The maximum atomic E-state index is 12.1. The number of aromatic nitrogens is 3. The molecule has 0 spiro atoms. The van der Waals surface area contributed by atoms with Crippen molar-refractivity contribution in [3.8, 4) is 0 Å². The molecule has 1 amide bonds. The van der Waals surface area contributed by atoms with E-state index in [1.54, 1.807) is 14.2 Å². The third kappa shape index (κ3) is 5.17. The molecule has 1 aromatic rings. The number of aryl methyl sites for hydroxylation is 1. The molecule has 1 aromatic heterocycles. The topological polar surface area (TPSA) is 105 Å². The summed E-state index contributed by atoms with van der Waals surface area (Å²) in [5.41, 5.74) is -0.520. The van der Waals surface area contributed by atoms with Crippen LogP contribution in [0.5, 0.6) is 0 Å². The van der Waals surface area contributed by atoms with Crippen LogP contribution in [0.3, 0.4) is 0 Å². The van der Waals surface area contributed by atoms with Gasteiger partial charge in [0.15, 0.2) is 11.8 Å². The van der Waals surface area contributed by atoms with E-state index in [1.807, 2.05) is 25.5 Å². The Bertz CT molecular complexity index is 639. The van der Waals surface area contributed by atoms with Crippen LogP contribution in [0.25, 0.3) is 0 Å². The first-order valence-electron chi connectivity index (χ1n) is 9.06.